The summed E-state index contributed by atoms with van der Waals surface area (Å²) in [6, 6.07) is 25.3. The van der Waals surface area contributed by atoms with Gasteiger partial charge in [-0.15, -0.1) is 0 Å². The molecule has 15 nitrogen and oxygen atoms in total. The monoisotopic (exact) mass is 987 g/mol. The molecule has 0 fully saturated rings. The first-order valence-electron chi connectivity index (χ1n) is 22.0. The summed E-state index contributed by atoms with van der Waals surface area (Å²) in [7, 11) is 2.88. The lowest BCUT2D eigenvalue weighted by atomic mass is 9.92. The van der Waals surface area contributed by atoms with Gasteiger partial charge in [0.15, 0.2) is 0 Å². The van der Waals surface area contributed by atoms with E-state index >= 15 is 0 Å². The second kappa shape index (κ2) is 25.4. The molecule has 17 heteroatoms. The molecule has 0 unspecified atom stereocenters. The van der Waals surface area contributed by atoms with Crippen molar-refractivity contribution < 1.29 is 48.2 Å². The molecule has 0 spiro atoms. The molecule has 6 aromatic rings. The standard InChI is InChI=1S/C53H51Cl2N5O10/c1-32-39(29-69-50-17-48(67-26-36-13-34(19-56)21-58-23-36)38(15-45(50)54)11-12-41(28-65-3)52(61)62)7-5-9-43(32)44-10-6-8-40(33(44)2)30-70-51-18-49(68-27-37-14-35(20-57)22-59-24-37)42(16-46(51)55)25-60-47(31-66-4)53(63)64/h5-10,13-18,21-24,41,47,60H,11-12,25-31H2,1-4H3,(H,61,62)(H,63,64)/t41-,47-/m0/s1. The molecule has 3 N–H and O–H groups in total. The average Bonchev–Trinajstić information content (AvgIpc) is 3.35. The van der Waals surface area contributed by atoms with Crippen molar-refractivity contribution in [2.24, 2.45) is 5.92 Å². The number of methoxy groups -OCH3 is 2. The lowest BCUT2D eigenvalue weighted by molar-refractivity contribution is -0.144. The number of hydrogen-bond donors (Lipinski definition) is 3. The van der Waals surface area contributed by atoms with E-state index in [9.17, 15) is 30.3 Å². The van der Waals surface area contributed by atoms with Crippen LogP contribution in [0, 0.1) is 42.4 Å². The van der Waals surface area contributed by atoms with Gasteiger partial charge in [0.1, 0.15) is 67.6 Å². The predicted molar refractivity (Wildman–Crippen MR) is 261 cm³/mol. The quantitative estimate of drug-likeness (QED) is 0.0487. The minimum Gasteiger partial charge on any atom is -0.488 e. The number of nitriles is 2. The second-order valence-corrected chi connectivity index (χ2v) is 17.1. The fourth-order valence-electron chi connectivity index (χ4n) is 7.55. The van der Waals surface area contributed by atoms with E-state index in [1.165, 1.54) is 26.6 Å². The van der Waals surface area contributed by atoms with Gasteiger partial charge in [-0.3, -0.25) is 24.9 Å². The Labute approximate surface area is 416 Å². The van der Waals surface area contributed by atoms with Crippen molar-refractivity contribution in [2.45, 2.75) is 65.7 Å². The van der Waals surface area contributed by atoms with Crippen LogP contribution < -0.4 is 24.3 Å². The summed E-state index contributed by atoms with van der Waals surface area (Å²) in [5.41, 5.74) is 9.11. The van der Waals surface area contributed by atoms with Gasteiger partial charge in [0.05, 0.1) is 40.3 Å². The lowest BCUT2D eigenvalue weighted by Gasteiger charge is -2.19. The summed E-state index contributed by atoms with van der Waals surface area (Å²) in [5.74, 6) is -1.21. The highest BCUT2D eigenvalue weighted by atomic mass is 35.5. The summed E-state index contributed by atoms with van der Waals surface area (Å²) < 4.78 is 35.4. The molecule has 0 aliphatic rings. The van der Waals surface area contributed by atoms with Crippen LogP contribution in [0.5, 0.6) is 23.0 Å². The molecule has 0 aliphatic heterocycles. The Bertz CT molecular complexity index is 2710. The molecule has 0 bridgehead atoms. The Kier molecular flexibility index (Phi) is 18.9. The lowest BCUT2D eigenvalue weighted by Crippen LogP contribution is -2.39. The topological polar surface area (TPSA) is 215 Å². The van der Waals surface area contributed by atoms with Gasteiger partial charge in [0.2, 0.25) is 0 Å². The highest BCUT2D eigenvalue weighted by Crippen LogP contribution is 2.38. The Morgan fingerprint density at radius 3 is 1.59 bits per heavy atom. The summed E-state index contributed by atoms with van der Waals surface area (Å²) in [6.45, 7) is 4.63. The van der Waals surface area contributed by atoms with Crippen molar-refractivity contribution in [1.82, 2.24) is 15.3 Å². The van der Waals surface area contributed by atoms with Crippen LogP contribution in [0.4, 0.5) is 0 Å². The maximum Gasteiger partial charge on any atom is 0.323 e. The summed E-state index contributed by atoms with van der Waals surface area (Å²) in [5, 5.41) is 41.8. The van der Waals surface area contributed by atoms with E-state index in [2.05, 4.69) is 27.4 Å². The molecule has 70 heavy (non-hydrogen) atoms. The Morgan fingerprint density at radius 1 is 0.629 bits per heavy atom. The van der Waals surface area contributed by atoms with Gasteiger partial charge in [-0.05, 0) is 89.9 Å². The van der Waals surface area contributed by atoms with Crippen LogP contribution in [-0.2, 0) is 58.5 Å². The number of benzene rings is 4. The van der Waals surface area contributed by atoms with Gasteiger partial charge >= 0.3 is 11.9 Å². The van der Waals surface area contributed by atoms with E-state index in [4.69, 9.17) is 51.6 Å². The molecular formula is C53H51Cl2N5O10. The van der Waals surface area contributed by atoms with Gasteiger partial charge in [-0.2, -0.15) is 10.5 Å². The van der Waals surface area contributed by atoms with Crippen molar-refractivity contribution in [3.63, 3.8) is 0 Å². The van der Waals surface area contributed by atoms with Gasteiger partial charge in [-0.25, -0.2) is 0 Å². The number of nitrogens with one attached hydrogen (secondary N) is 1. The fourth-order valence-corrected chi connectivity index (χ4v) is 8.04. The Hall–Kier alpha value is -7.24. The third kappa shape index (κ3) is 13.9. The number of halogens is 2. The molecule has 0 amide bonds. The van der Waals surface area contributed by atoms with Crippen LogP contribution in [0.1, 0.15) is 62.1 Å². The molecule has 4 aromatic carbocycles. The summed E-state index contributed by atoms with van der Waals surface area (Å²) >= 11 is 13.6. The Balaban J connectivity index is 1.21. The van der Waals surface area contributed by atoms with E-state index in [0.29, 0.717) is 72.8 Å². The van der Waals surface area contributed by atoms with Crippen LogP contribution >= 0.6 is 23.2 Å². The number of aryl methyl sites for hydroxylation is 1. The predicted octanol–water partition coefficient (Wildman–Crippen LogP) is 9.60. The SMILES string of the molecule is COC[C@H](CCc1cc(Cl)c(OCc2cccc(-c3cccc(COc4cc(OCc5cncc(C#N)c5)c(CN[C@@H](COC)C(=O)O)cc4Cl)c3C)c2C)cc1OCc1cncc(C#N)c1)C(=O)O. The zero-order chi connectivity index (χ0) is 50.2. The second-order valence-electron chi connectivity index (χ2n) is 16.3. The Morgan fingerprint density at radius 2 is 1.11 bits per heavy atom. The number of ether oxygens (including phenoxy) is 6. The summed E-state index contributed by atoms with van der Waals surface area (Å²) in [4.78, 5) is 32.0. The van der Waals surface area contributed by atoms with E-state index in [0.717, 1.165) is 33.4 Å². The molecule has 0 aliphatic carbocycles. The van der Waals surface area contributed by atoms with Crippen LogP contribution in [-0.4, -0.2) is 65.6 Å². The molecule has 0 saturated carbocycles. The van der Waals surface area contributed by atoms with Crippen molar-refractivity contribution in [3.05, 3.63) is 163 Å². The molecule has 2 atom stereocenters. The number of aliphatic carboxylic acids is 2. The van der Waals surface area contributed by atoms with E-state index < -0.39 is 23.9 Å². The first-order chi connectivity index (χ1) is 33.8. The van der Waals surface area contributed by atoms with Crippen molar-refractivity contribution in [1.29, 1.82) is 10.5 Å². The number of carbonyl (C=O) groups is 2. The van der Waals surface area contributed by atoms with Crippen molar-refractivity contribution in [3.8, 4) is 46.3 Å². The molecule has 0 radical (unpaired) electrons. The largest absolute Gasteiger partial charge is 0.488 e. The van der Waals surface area contributed by atoms with E-state index in [1.807, 2.05) is 50.2 Å². The molecule has 6 rings (SSSR count). The maximum atomic E-state index is 11.9. The van der Waals surface area contributed by atoms with E-state index in [1.54, 1.807) is 48.8 Å². The van der Waals surface area contributed by atoms with Gasteiger partial charge < -0.3 is 38.6 Å². The maximum absolute atomic E-state index is 11.9. The number of hydrogen-bond acceptors (Lipinski definition) is 13. The van der Waals surface area contributed by atoms with Crippen LogP contribution in [0.3, 0.4) is 0 Å². The van der Waals surface area contributed by atoms with Crippen molar-refractivity contribution >= 4 is 35.1 Å². The van der Waals surface area contributed by atoms with Crippen LogP contribution in [0.15, 0.2) is 97.6 Å². The molecule has 2 aromatic heterocycles. The van der Waals surface area contributed by atoms with Crippen LogP contribution in [0.25, 0.3) is 11.1 Å². The number of carboxylic acid groups (broad SMARTS) is 2. The molecule has 362 valence electrons. The number of rotatable bonds is 25. The summed E-state index contributed by atoms with van der Waals surface area (Å²) in [6.07, 6.45) is 6.75. The highest BCUT2D eigenvalue weighted by Gasteiger charge is 2.22. The smallest absolute Gasteiger partial charge is 0.323 e. The number of nitrogens with zero attached hydrogens (tertiary/aromatic N) is 4. The highest BCUT2D eigenvalue weighted by molar-refractivity contribution is 6.32. The number of carboxylic acids is 2. The zero-order valence-corrected chi connectivity index (χ0v) is 40.5. The molecule has 0 saturated heterocycles. The minimum absolute atomic E-state index is 0.0541. The number of pyridine rings is 2. The third-order valence-electron chi connectivity index (χ3n) is 11.5. The van der Waals surface area contributed by atoms with Crippen molar-refractivity contribution in [2.75, 3.05) is 27.4 Å². The first kappa shape index (κ1) is 52.1. The van der Waals surface area contributed by atoms with Gasteiger partial charge in [-0.1, -0.05) is 59.6 Å². The van der Waals surface area contributed by atoms with E-state index in [-0.39, 0.29) is 52.6 Å². The molecular weight excluding hydrogens is 938 g/mol. The molecule has 2 heterocycles. The average molecular weight is 989 g/mol. The van der Waals surface area contributed by atoms with Crippen LogP contribution in [0.2, 0.25) is 10.0 Å². The first-order valence-corrected chi connectivity index (χ1v) is 22.8. The third-order valence-corrected chi connectivity index (χ3v) is 12.1. The van der Waals surface area contributed by atoms with Gasteiger partial charge in [0, 0.05) is 74.4 Å². The zero-order valence-electron chi connectivity index (χ0n) is 39.0. The fraction of sp³-hybridized carbons (Fsp3) is 0.283. The van der Waals surface area contributed by atoms with Gasteiger partial charge in [0.25, 0.3) is 0 Å². The minimum atomic E-state index is -1.07. The normalized spacial score (nSPS) is 11.8. The number of aromatic nitrogens is 2.